The van der Waals surface area contributed by atoms with Gasteiger partial charge in [0, 0.05) is 34.8 Å². The number of hydrogen-bond donors (Lipinski definition) is 0. The number of thioether (sulfide) groups is 1. The monoisotopic (exact) mass is 464 g/mol. The highest BCUT2D eigenvalue weighted by Crippen LogP contribution is 2.67. The molecule has 0 bridgehead atoms. The number of rotatable bonds is 2. The Labute approximate surface area is 189 Å². The second kappa shape index (κ2) is 6.26. The van der Waals surface area contributed by atoms with Crippen LogP contribution in [-0.4, -0.2) is 14.2 Å². The van der Waals surface area contributed by atoms with Gasteiger partial charge in [-0.15, -0.1) is 45.8 Å². The van der Waals surface area contributed by atoms with Gasteiger partial charge in [-0.2, -0.15) is 0 Å². The molecule has 3 aromatic heterocycles. The van der Waals surface area contributed by atoms with Gasteiger partial charge in [-0.05, 0) is 12.1 Å². The van der Waals surface area contributed by atoms with Crippen molar-refractivity contribution in [1.82, 2.24) is 0 Å². The Hall–Kier alpha value is -1.99. The molecule has 2 nitrogen and oxygen atoms in total. The molecule has 1 aliphatic carbocycles. The van der Waals surface area contributed by atoms with Crippen molar-refractivity contribution in [2.24, 2.45) is 0 Å². The van der Waals surface area contributed by atoms with Gasteiger partial charge in [-0.3, -0.25) is 0 Å². The summed E-state index contributed by atoms with van der Waals surface area (Å²) < 4.78 is 17.5. The lowest BCUT2D eigenvalue weighted by molar-refractivity contribution is 0.239. The summed E-state index contributed by atoms with van der Waals surface area (Å²) in [6, 6.07) is 17.5. The summed E-state index contributed by atoms with van der Waals surface area (Å²) in [5.41, 5.74) is 1.25. The second-order valence-corrected chi connectivity index (χ2v) is 11.8. The lowest BCUT2D eigenvalue weighted by atomic mass is 9.90. The van der Waals surface area contributed by atoms with E-state index in [-0.39, 0.29) is 5.92 Å². The highest BCUT2D eigenvalue weighted by atomic mass is 32.2. The normalized spacial score (nSPS) is 20.1. The highest BCUT2D eigenvalue weighted by molar-refractivity contribution is 8.00. The highest BCUT2D eigenvalue weighted by Gasteiger charge is 2.48. The molecule has 6 heteroatoms. The second-order valence-electron chi connectivity index (χ2n) is 7.51. The first-order valence-corrected chi connectivity index (χ1v) is 13.1. The van der Waals surface area contributed by atoms with Crippen LogP contribution in [0.5, 0.6) is 0 Å². The summed E-state index contributed by atoms with van der Waals surface area (Å²) in [4.78, 5) is 4.28. The van der Waals surface area contributed by atoms with E-state index in [1.54, 1.807) is 14.2 Å². The third kappa shape index (κ3) is 2.10. The first-order valence-electron chi connectivity index (χ1n) is 9.74. The van der Waals surface area contributed by atoms with Crippen LogP contribution in [0.4, 0.5) is 0 Å². The van der Waals surface area contributed by atoms with Crippen LogP contribution in [0.1, 0.15) is 26.5 Å². The third-order valence-electron chi connectivity index (χ3n) is 6.06. The molecule has 2 aliphatic rings. The van der Waals surface area contributed by atoms with Crippen molar-refractivity contribution in [3.8, 4) is 0 Å². The van der Waals surface area contributed by atoms with Gasteiger partial charge in [0.25, 0.3) is 0 Å². The fourth-order valence-corrected chi connectivity index (χ4v) is 11.0. The molecule has 0 spiro atoms. The van der Waals surface area contributed by atoms with Gasteiger partial charge in [0.15, 0.2) is 5.76 Å². The molecule has 2 unspecified atom stereocenters. The number of allylic oxidation sites excluding steroid dienone is 1. The van der Waals surface area contributed by atoms with Crippen LogP contribution in [0, 0.1) is 0 Å². The molecule has 148 valence electrons. The standard InChI is InChI=1S/C24H16O2S4/c1-25-17-15-21-19(11-7-3-5-9-13(11)27-21)29-23(15)24-16(18(17)26-2)22-20(30-24)12-8-4-6-10-14(12)28-22/h3-10,15,23H,1-2H3. The fourth-order valence-electron chi connectivity index (χ4n) is 4.82. The van der Waals surface area contributed by atoms with Crippen molar-refractivity contribution in [2.75, 3.05) is 14.2 Å². The lowest BCUT2D eigenvalue weighted by Gasteiger charge is -2.28. The third-order valence-corrected chi connectivity index (χ3v) is 11.6. The summed E-state index contributed by atoms with van der Waals surface area (Å²) in [6.45, 7) is 0. The zero-order valence-corrected chi connectivity index (χ0v) is 19.5. The quantitative estimate of drug-likeness (QED) is 0.262. The number of fused-ring (bicyclic) bond motifs is 11. The van der Waals surface area contributed by atoms with E-state index in [0.717, 1.165) is 11.5 Å². The number of ether oxygens (including phenoxy) is 2. The maximum Gasteiger partial charge on any atom is 0.166 e. The first kappa shape index (κ1) is 17.7. The van der Waals surface area contributed by atoms with Crippen molar-refractivity contribution in [1.29, 1.82) is 0 Å². The van der Waals surface area contributed by atoms with E-state index < -0.39 is 0 Å². The van der Waals surface area contributed by atoms with Gasteiger partial charge in [-0.1, -0.05) is 36.4 Å². The molecule has 5 aromatic rings. The van der Waals surface area contributed by atoms with Gasteiger partial charge >= 0.3 is 0 Å². The zero-order chi connectivity index (χ0) is 20.0. The molecule has 2 aromatic carbocycles. The van der Waals surface area contributed by atoms with Crippen molar-refractivity contribution in [3.63, 3.8) is 0 Å². The molecule has 0 radical (unpaired) electrons. The average Bonchev–Trinajstić information content (AvgIpc) is 3.50. The lowest BCUT2D eigenvalue weighted by Crippen LogP contribution is -2.15. The first-order chi connectivity index (χ1) is 14.8. The Morgan fingerprint density at radius 2 is 1.47 bits per heavy atom. The fraction of sp³-hybridized carbons (Fsp3) is 0.167. The van der Waals surface area contributed by atoms with E-state index in [1.165, 1.54) is 49.8 Å². The van der Waals surface area contributed by atoms with E-state index in [9.17, 15) is 0 Å². The Bertz CT molecular complexity index is 1520. The van der Waals surface area contributed by atoms with E-state index in [4.69, 9.17) is 9.47 Å². The van der Waals surface area contributed by atoms with Crippen LogP contribution in [0.2, 0.25) is 0 Å². The van der Waals surface area contributed by atoms with Crippen molar-refractivity contribution < 1.29 is 9.47 Å². The minimum atomic E-state index is 0.217. The molecular formula is C24H16O2S4. The Morgan fingerprint density at radius 1 is 0.733 bits per heavy atom. The minimum absolute atomic E-state index is 0.217. The Balaban J connectivity index is 1.55. The van der Waals surface area contributed by atoms with Crippen LogP contribution in [0.25, 0.3) is 35.3 Å². The number of methoxy groups -OCH3 is 2. The van der Waals surface area contributed by atoms with Gasteiger partial charge in [0.1, 0.15) is 5.76 Å². The van der Waals surface area contributed by atoms with Crippen LogP contribution in [0.3, 0.4) is 0 Å². The molecule has 30 heavy (non-hydrogen) atoms. The number of thiophene rings is 3. The Morgan fingerprint density at radius 3 is 2.23 bits per heavy atom. The van der Waals surface area contributed by atoms with E-state index in [1.807, 2.05) is 45.8 Å². The number of benzene rings is 2. The average molecular weight is 465 g/mol. The molecule has 0 saturated carbocycles. The van der Waals surface area contributed by atoms with E-state index >= 15 is 0 Å². The summed E-state index contributed by atoms with van der Waals surface area (Å²) in [6.07, 6.45) is 0. The molecule has 1 aliphatic heterocycles. The smallest absolute Gasteiger partial charge is 0.166 e. The van der Waals surface area contributed by atoms with Crippen molar-refractivity contribution in [2.45, 2.75) is 16.1 Å². The maximum atomic E-state index is 6.07. The predicted molar refractivity (Wildman–Crippen MR) is 131 cm³/mol. The molecule has 0 saturated heterocycles. The van der Waals surface area contributed by atoms with Gasteiger partial charge in [0.2, 0.25) is 0 Å². The molecule has 0 fully saturated rings. The molecular weight excluding hydrogens is 449 g/mol. The van der Waals surface area contributed by atoms with E-state index in [2.05, 4.69) is 48.5 Å². The minimum Gasteiger partial charge on any atom is -0.496 e. The molecule has 0 amide bonds. The van der Waals surface area contributed by atoms with Gasteiger partial charge in [0.05, 0.1) is 40.4 Å². The number of hydrogen-bond acceptors (Lipinski definition) is 6. The molecule has 4 heterocycles. The van der Waals surface area contributed by atoms with Crippen LogP contribution in [0.15, 0.2) is 59.2 Å². The topological polar surface area (TPSA) is 18.5 Å². The van der Waals surface area contributed by atoms with Gasteiger partial charge in [-0.25, -0.2) is 0 Å². The van der Waals surface area contributed by atoms with Crippen molar-refractivity contribution in [3.05, 3.63) is 69.6 Å². The van der Waals surface area contributed by atoms with Crippen LogP contribution in [-0.2, 0) is 9.47 Å². The van der Waals surface area contributed by atoms with Gasteiger partial charge < -0.3 is 9.47 Å². The van der Waals surface area contributed by atoms with Crippen molar-refractivity contribution >= 4 is 81.1 Å². The molecule has 0 N–H and O–H groups in total. The zero-order valence-electron chi connectivity index (χ0n) is 16.2. The summed E-state index contributed by atoms with van der Waals surface area (Å²) >= 11 is 7.74. The van der Waals surface area contributed by atoms with Crippen LogP contribution >= 0.6 is 45.8 Å². The summed E-state index contributed by atoms with van der Waals surface area (Å²) in [7, 11) is 3.57. The molecule has 2 atom stereocenters. The van der Waals surface area contributed by atoms with Crippen LogP contribution < -0.4 is 0 Å². The summed E-state index contributed by atoms with van der Waals surface area (Å²) in [5, 5.41) is 3.07. The SMILES string of the molecule is COC1=C(OC)C2c3sc4ccccc4c3SC2c2sc3c(sc4ccccc43)c21. The maximum absolute atomic E-state index is 6.07. The predicted octanol–water partition coefficient (Wildman–Crippen LogP) is 8.24. The molecule has 7 rings (SSSR count). The Kier molecular flexibility index (Phi) is 3.69. The largest absolute Gasteiger partial charge is 0.496 e. The van der Waals surface area contributed by atoms with E-state index in [0.29, 0.717) is 5.25 Å². The summed E-state index contributed by atoms with van der Waals surface area (Å²) in [5.74, 6) is 2.11.